The van der Waals surface area contributed by atoms with Crippen molar-refractivity contribution in [2.75, 3.05) is 12.4 Å². The number of fused-ring (bicyclic) bond motifs is 1. The molecule has 2 aromatic carbocycles. The number of aromatic nitrogens is 4. The predicted molar refractivity (Wildman–Crippen MR) is 135 cm³/mol. The van der Waals surface area contributed by atoms with Crippen LogP contribution in [0.3, 0.4) is 0 Å². The molecular weight excluding hydrogens is 442 g/mol. The Morgan fingerprint density at radius 2 is 1.74 bits per heavy atom. The lowest BCUT2D eigenvalue weighted by Crippen LogP contribution is -2.19. The number of hydrogen-bond acceptors (Lipinski definition) is 4. The molecule has 0 fully saturated rings. The molecule has 0 aliphatic rings. The number of carbonyl (C=O) groups excluding carboxylic acids is 1. The third-order valence-electron chi connectivity index (χ3n) is 6.10. The van der Waals surface area contributed by atoms with Crippen LogP contribution in [0.2, 0.25) is 0 Å². The number of nitrogens with zero attached hydrogens (tertiary/aromatic N) is 3. The van der Waals surface area contributed by atoms with Crippen molar-refractivity contribution in [1.29, 1.82) is 0 Å². The summed E-state index contributed by atoms with van der Waals surface area (Å²) in [7, 11) is 5.13. The number of pyridine rings is 1. The lowest BCUT2D eigenvalue weighted by atomic mass is 9.84. The van der Waals surface area contributed by atoms with Crippen LogP contribution in [0.25, 0.3) is 10.9 Å². The Bertz CT molecular complexity index is 1560. The number of anilines is 1. The monoisotopic (exact) mass is 467 g/mol. The predicted octanol–water partition coefficient (Wildman–Crippen LogP) is 4.04. The van der Waals surface area contributed by atoms with Gasteiger partial charge in [-0.2, -0.15) is 5.10 Å². The Hall–Kier alpha value is -4.59. The molecule has 1 atom stereocenters. The van der Waals surface area contributed by atoms with E-state index in [-0.39, 0.29) is 17.4 Å². The van der Waals surface area contributed by atoms with Crippen molar-refractivity contribution in [2.45, 2.75) is 5.92 Å². The maximum atomic E-state index is 13.0. The number of rotatable bonds is 6. The first-order chi connectivity index (χ1) is 16.9. The first kappa shape index (κ1) is 22.2. The van der Waals surface area contributed by atoms with Gasteiger partial charge in [0.25, 0.3) is 11.5 Å². The number of nitrogens with one attached hydrogen (secondary N) is 2. The average Bonchev–Trinajstić information content (AvgIpc) is 3.50. The van der Waals surface area contributed by atoms with Gasteiger partial charge in [0.15, 0.2) is 0 Å². The van der Waals surface area contributed by atoms with E-state index in [0.717, 1.165) is 22.4 Å². The Labute approximate surface area is 201 Å². The molecule has 2 N–H and O–H groups in total. The molecule has 5 rings (SSSR count). The number of carbonyl (C=O) groups is 1. The van der Waals surface area contributed by atoms with E-state index >= 15 is 0 Å². The van der Waals surface area contributed by atoms with E-state index in [1.165, 1.54) is 0 Å². The van der Waals surface area contributed by atoms with Gasteiger partial charge in [0, 0.05) is 37.8 Å². The summed E-state index contributed by atoms with van der Waals surface area (Å²) in [6.45, 7) is 0. The molecule has 1 unspecified atom stereocenters. The lowest BCUT2D eigenvalue weighted by Gasteiger charge is -2.21. The van der Waals surface area contributed by atoms with Crippen LogP contribution in [0.4, 0.5) is 5.69 Å². The number of ether oxygens (including phenoxy) is 1. The van der Waals surface area contributed by atoms with Gasteiger partial charge in [-0.15, -0.1) is 0 Å². The zero-order chi connectivity index (χ0) is 24.5. The molecule has 8 nitrogen and oxygen atoms in total. The Morgan fingerprint density at radius 1 is 1.03 bits per heavy atom. The van der Waals surface area contributed by atoms with Crippen molar-refractivity contribution in [1.82, 2.24) is 19.3 Å². The van der Waals surface area contributed by atoms with E-state index in [2.05, 4.69) is 27.5 Å². The molecule has 0 aliphatic heterocycles. The summed E-state index contributed by atoms with van der Waals surface area (Å²) in [6, 6.07) is 19.7. The topological polar surface area (TPSA) is 93.9 Å². The SMILES string of the molecule is COc1ccc(C(c2ccccc2)c2cn(C)c(=O)c3[nH]c(C(=O)Nc4cnn(C)c4)cc23)cc1. The second kappa shape index (κ2) is 8.98. The van der Waals surface area contributed by atoms with E-state index in [0.29, 0.717) is 22.3 Å². The summed E-state index contributed by atoms with van der Waals surface area (Å²) in [4.78, 5) is 29.1. The molecule has 0 radical (unpaired) electrons. The second-order valence-electron chi connectivity index (χ2n) is 8.45. The van der Waals surface area contributed by atoms with Crippen LogP contribution >= 0.6 is 0 Å². The van der Waals surface area contributed by atoms with Crippen LogP contribution in [0.15, 0.2) is 84.0 Å². The molecule has 176 valence electrons. The number of aryl methyl sites for hydroxylation is 2. The van der Waals surface area contributed by atoms with Gasteiger partial charge in [-0.25, -0.2) is 0 Å². The highest BCUT2D eigenvalue weighted by Crippen LogP contribution is 2.36. The molecule has 3 heterocycles. The molecule has 1 amide bonds. The van der Waals surface area contributed by atoms with Crippen molar-refractivity contribution in [3.05, 3.63) is 112 Å². The van der Waals surface area contributed by atoms with Crippen molar-refractivity contribution >= 4 is 22.5 Å². The summed E-state index contributed by atoms with van der Waals surface area (Å²) in [5.74, 6) is 0.256. The molecule has 3 aromatic heterocycles. The standard InChI is InChI=1S/C27H25N5O3/c1-31-16-22(24(17-7-5-4-6-8-17)18-9-11-20(35-3)12-10-18)21-13-23(30-25(21)27(31)34)26(33)29-19-14-28-32(2)15-19/h4-16,24,30H,1-3H3,(H,29,33). The minimum absolute atomic E-state index is 0.165. The van der Waals surface area contributed by atoms with Crippen molar-refractivity contribution in [2.24, 2.45) is 14.1 Å². The van der Waals surface area contributed by atoms with Gasteiger partial charge in [0.05, 0.1) is 19.0 Å². The van der Waals surface area contributed by atoms with E-state index in [1.807, 2.05) is 48.7 Å². The molecule has 0 aliphatic carbocycles. The summed E-state index contributed by atoms with van der Waals surface area (Å²) in [5.41, 5.74) is 4.08. The molecule has 0 saturated carbocycles. The van der Waals surface area contributed by atoms with Crippen molar-refractivity contribution in [3.63, 3.8) is 0 Å². The summed E-state index contributed by atoms with van der Waals surface area (Å²) < 4.78 is 8.50. The highest BCUT2D eigenvalue weighted by molar-refractivity contribution is 6.06. The van der Waals surface area contributed by atoms with Gasteiger partial charge in [-0.1, -0.05) is 42.5 Å². The van der Waals surface area contributed by atoms with Crippen LogP contribution in [-0.2, 0) is 14.1 Å². The molecule has 0 saturated heterocycles. The van der Waals surface area contributed by atoms with Crippen molar-refractivity contribution < 1.29 is 9.53 Å². The van der Waals surface area contributed by atoms with Gasteiger partial charge in [0.2, 0.25) is 0 Å². The summed E-state index contributed by atoms with van der Waals surface area (Å²) in [6.07, 6.45) is 5.13. The van der Waals surface area contributed by atoms with Crippen LogP contribution < -0.4 is 15.6 Å². The molecule has 35 heavy (non-hydrogen) atoms. The Balaban J connectivity index is 1.67. The Kier molecular flexibility index (Phi) is 5.70. The third-order valence-corrected chi connectivity index (χ3v) is 6.10. The van der Waals surface area contributed by atoms with E-state index in [4.69, 9.17) is 4.74 Å². The summed E-state index contributed by atoms with van der Waals surface area (Å²) in [5, 5.41) is 7.60. The minimum Gasteiger partial charge on any atom is -0.497 e. The fourth-order valence-electron chi connectivity index (χ4n) is 4.39. The fourth-order valence-corrected chi connectivity index (χ4v) is 4.39. The third kappa shape index (κ3) is 4.21. The van der Waals surface area contributed by atoms with Gasteiger partial charge in [-0.05, 0) is 34.9 Å². The summed E-state index contributed by atoms with van der Waals surface area (Å²) >= 11 is 0. The molecule has 8 heteroatoms. The van der Waals surface area contributed by atoms with Crippen LogP contribution in [-0.4, -0.2) is 32.3 Å². The zero-order valence-electron chi connectivity index (χ0n) is 19.6. The van der Waals surface area contributed by atoms with Crippen LogP contribution in [0.1, 0.15) is 33.1 Å². The first-order valence-electron chi connectivity index (χ1n) is 11.2. The largest absolute Gasteiger partial charge is 0.497 e. The molecule has 5 aromatic rings. The second-order valence-corrected chi connectivity index (χ2v) is 8.45. The number of amides is 1. The highest BCUT2D eigenvalue weighted by atomic mass is 16.5. The maximum absolute atomic E-state index is 13.0. The number of methoxy groups -OCH3 is 1. The van der Waals surface area contributed by atoms with Gasteiger partial charge in [-0.3, -0.25) is 14.3 Å². The van der Waals surface area contributed by atoms with E-state index in [1.54, 1.807) is 48.9 Å². The van der Waals surface area contributed by atoms with Gasteiger partial charge >= 0.3 is 0 Å². The smallest absolute Gasteiger partial charge is 0.274 e. The van der Waals surface area contributed by atoms with E-state index < -0.39 is 0 Å². The Morgan fingerprint density at radius 3 is 2.40 bits per heavy atom. The number of H-pyrrole nitrogens is 1. The molecule has 0 bridgehead atoms. The van der Waals surface area contributed by atoms with Gasteiger partial charge < -0.3 is 19.6 Å². The first-order valence-corrected chi connectivity index (χ1v) is 11.2. The maximum Gasteiger partial charge on any atom is 0.274 e. The average molecular weight is 468 g/mol. The number of hydrogen-bond donors (Lipinski definition) is 2. The number of benzene rings is 2. The normalized spacial score (nSPS) is 12.0. The van der Waals surface area contributed by atoms with Gasteiger partial charge in [0.1, 0.15) is 17.0 Å². The van der Waals surface area contributed by atoms with Crippen LogP contribution in [0.5, 0.6) is 5.75 Å². The minimum atomic E-state index is -0.345. The zero-order valence-corrected chi connectivity index (χ0v) is 19.6. The van der Waals surface area contributed by atoms with Crippen molar-refractivity contribution in [3.8, 4) is 5.75 Å². The fraction of sp³-hybridized carbons (Fsp3) is 0.148. The number of aromatic amines is 1. The van der Waals surface area contributed by atoms with E-state index in [9.17, 15) is 9.59 Å². The quantitative estimate of drug-likeness (QED) is 0.394. The lowest BCUT2D eigenvalue weighted by molar-refractivity contribution is 0.102. The molecule has 0 spiro atoms. The molecular formula is C27H25N5O3. The highest BCUT2D eigenvalue weighted by Gasteiger charge is 2.23. The van der Waals surface area contributed by atoms with Crippen LogP contribution in [0, 0.1) is 0 Å².